The standard InChI is InChI=1S/C14H21N3S/c1-10(2)13-4-3-7-17(13)9-11-5-6-16-12(8-11)14(15)18/h5-6,8,10,13H,3-4,7,9H2,1-2H3,(H2,15,18). The Bertz CT molecular complexity index is 431. The molecule has 3 nitrogen and oxygen atoms in total. The van der Waals surface area contributed by atoms with Crippen molar-refractivity contribution in [3.05, 3.63) is 29.6 Å². The second-order valence-corrected chi connectivity index (χ2v) is 5.78. The number of likely N-dealkylation sites (tertiary alicyclic amines) is 1. The van der Waals surface area contributed by atoms with Gasteiger partial charge in [-0.25, -0.2) is 0 Å². The second-order valence-electron chi connectivity index (χ2n) is 5.34. The zero-order valence-electron chi connectivity index (χ0n) is 11.1. The molecule has 0 aliphatic carbocycles. The summed E-state index contributed by atoms with van der Waals surface area (Å²) in [6.45, 7) is 6.76. The molecule has 18 heavy (non-hydrogen) atoms. The van der Waals surface area contributed by atoms with Gasteiger partial charge in [-0.2, -0.15) is 0 Å². The van der Waals surface area contributed by atoms with Crippen molar-refractivity contribution < 1.29 is 0 Å². The highest BCUT2D eigenvalue weighted by Gasteiger charge is 2.26. The van der Waals surface area contributed by atoms with Crippen molar-refractivity contribution in [3.63, 3.8) is 0 Å². The summed E-state index contributed by atoms with van der Waals surface area (Å²) in [6, 6.07) is 4.77. The summed E-state index contributed by atoms with van der Waals surface area (Å²) in [5, 5.41) is 0. The number of thiocarbonyl (C=S) groups is 1. The molecule has 1 aromatic rings. The van der Waals surface area contributed by atoms with Gasteiger partial charge in [-0.05, 0) is 43.0 Å². The fourth-order valence-electron chi connectivity index (χ4n) is 2.75. The first-order chi connectivity index (χ1) is 8.58. The van der Waals surface area contributed by atoms with Crippen LogP contribution in [-0.2, 0) is 6.54 Å². The van der Waals surface area contributed by atoms with Gasteiger partial charge in [-0.3, -0.25) is 9.88 Å². The van der Waals surface area contributed by atoms with Crippen LogP contribution in [0.15, 0.2) is 18.3 Å². The van der Waals surface area contributed by atoms with E-state index in [4.69, 9.17) is 18.0 Å². The maximum atomic E-state index is 5.62. The highest BCUT2D eigenvalue weighted by atomic mass is 32.1. The molecule has 1 saturated heterocycles. The van der Waals surface area contributed by atoms with Crippen LogP contribution in [0.5, 0.6) is 0 Å². The van der Waals surface area contributed by atoms with Gasteiger partial charge in [0.2, 0.25) is 0 Å². The first-order valence-electron chi connectivity index (χ1n) is 6.56. The van der Waals surface area contributed by atoms with E-state index in [0.29, 0.717) is 16.9 Å². The van der Waals surface area contributed by atoms with Gasteiger partial charge in [-0.1, -0.05) is 26.1 Å². The highest BCUT2D eigenvalue weighted by molar-refractivity contribution is 7.80. The van der Waals surface area contributed by atoms with Crippen LogP contribution in [0.3, 0.4) is 0 Å². The van der Waals surface area contributed by atoms with Crippen molar-refractivity contribution in [2.45, 2.75) is 39.3 Å². The molecule has 1 atom stereocenters. The fourth-order valence-corrected chi connectivity index (χ4v) is 2.86. The van der Waals surface area contributed by atoms with Crippen LogP contribution in [-0.4, -0.2) is 27.5 Å². The van der Waals surface area contributed by atoms with E-state index in [1.165, 1.54) is 24.9 Å². The number of hydrogen-bond acceptors (Lipinski definition) is 3. The van der Waals surface area contributed by atoms with Gasteiger partial charge < -0.3 is 5.73 Å². The molecule has 98 valence electrons. The van der Waals surface area contributed by atoms with E-state index < -0.39 is 0 Å². The first-order valence-corrected chi connectivity index (χ1v) is 6.97. The van der Waals surface area contributed by atoms with Crippen molar-refractivity contribution in [2.24, 2.45) is 11.7 Å². The number of aromatic nitrogens is 1. The zero-order valence-corrected chi connectivity index (χ0v) is 11.9. The maximum Gasteiger partial charge on any atom is 0.122 e. The summed E-state index contributed by atoms with van der Waals surface area (Å²) in [7, 11) is 0. The second kappa shape index (κ2) is 5.76. The minimum absolute atomic E-state index is 0.374. The average Bonchev–Trinajstić information content (AvgIpc) is 2.77. The predicted molar refractivity (Wildman–Crippen MR) is 78.4 cm³/mol. The molecular weight excluding hydrogens is 242 g/mol. The van der Waals surface area contributed by atoms with E-state index >= 15 is 0 Å². The van der Waals surface area contributed by atoms with E-state index in [0.717, 1.165) is 12.2 Å². The quantitative estimate of drug-likeness (QED) is 0.847. The lowest BCUT2D eigenvalue weighted by atomic mass is 10.0. The summed E-state index contributed by atoms with van der Waals surface area (Å²) in [4.78, 5) is 7.12. The van der Waals surface area contributed by atoms with Gasteiger partial charge in [0.25, 0.3) is 0 Å². The number of pyridine rings is 1. The molecule has 0 bridgehead atoms. The molecule has 2 N–H and O–H groups in total. The lowest BCUT2D eigenvalue weighted by Crippen LogP contribution is -2.32. The van der Waals surface area contributed by atoms with Crippen molar-refractivity contribution in [3.8, 4) is 0 Å². The van der Waals surface area contributed by atoms with Crippen molar-refractivity contribution in [2.75, 3.05) is 6.54 Å². The molecule has 0 aromatic carbocycles. The summed E-state index contributed by atoms with van der Waals surface area (Å²) < 4.78 is 0. The Labute approximate surface area is 114 Å². The SMILES string of the molecule is CC(C)C1CCCN1Cc1ccnc(C(N)=S)c1. The minimum Gasteiger partial charge on any atom is -0.388 e. The Kier molecular flexibility index (Phi) is 4.30. The van der Waals surface area contributed by atoms with Crippen LogP contribution in [0.4, 0.5) is 0 Å². The van der Waals surface area contributed by atoms with Crippen molar-refractivity contribution >= 4 is 17.2 Å². The smallest absolute Gasteiger partial charge is 0.122 e. The third-order valence-electron chi connectivity index (χ3n) is 3.65. The predicted octanol–water partition coefficient (Wildman–Crippen LogP) is 2.34. The summed E-state index contributed by atoms with van der Waals surface area (Å²) in [5.41, 5.74) is 7.60. The van der Waals surface area contributed by atoms with Crippen molar-refractivity contribution in [1.82, 2.24) is 9.88 Å². The maximum absolute atomic E-state index is 5.62. The summed E-state index contributed by atoms with van der Waals surface area (Å²) >= 11 is 4.97. The fraction of sp³-hybridized carbons (Fsp3) is 0.571. The molecule has 0 saturated carbocycles. The number of nitrogens with zero attached hydrogens (tertiary/aromatic N) is 2. The Hall–Kier alpha value is -1.00. The molecule has 1 unspecified atom stereocenters. The topological polar surface area (TPSA) is 42.2 Å². The Morgan fingerprint density at radius 1 is 1.61 bits per heavy atom. The molecule has 2 heterocycles. The van der Waals surface area contributed by atoms with E-state index in [2.05, 4.69) is 29.8 Å². The van der Waals surface area contributed by atoms with Crippen LogP contribution in [0.25, 0.3) is 0 Å². The van der Waals surface area contributed by atoms with Gasteiger partial charge in [0, 0.05) is 18.8 Å². The molecule has 1 aliphatic heterocycles. The Morgan fingerprint density at radius 3 is 3.06 bits per heavy atom. The average molecular weight is 263 g/mol. The van der Waals surface area contributed by atoms with Crippen LogP contribution < -0.4 is 5.73 Å². The van der Waals surface area contributed by atoms with E-state index in [1.54, 1.807) is 6.20 Å². The third-order valence-corrected chi connectivity index (χ3v) is 3.86. The number of nitrogens with two attached hydrogens (primary N) is 1. The minimum atomic E-state index is 0.374. The van der Waals surface area contributed by atoms with E-state index in [-0.39, 0.29) is 0 Å². The molecule has 2 rings (SSSR count). The molecule has 1 fully saturated rings. The Balaban J connectivity index is 2.09. The van der Waals surface area contributed by atoms with Gasteiger partial charge in [-0.15, -0.1) is 0 Å². The first kappa shape index (κ1) is 13.4. The number of hydrogen-bond donors (Lipinski definition) is 1. The van der Waals surface area contributed by atoms with Crippen LogP contribution in [0, 0.1) is 5.92 Å². The molecular formula is C14H21N3S. The zero-order chi connectivity index (χ0) is 13.1. The molecule has 1 aromatic heterocycles. The largest absolute Gasteiger partial charge is 0.388 e. The summed E-state index contributed by atoms with van der Waals surface area (Å²) in [6.07, 6.45) is 4.41. The van der Waals surface area contributed by atoms with E-state index in [1.807, 2.05) is 6.07 Å². The highest BCUT2D eigenvalue weighted by Crippen LogP contribution is 2.25. The van der Waals surface area contributed by atoms with Gasteiger partial charge in [0.05, 0.1) is 5.69 Å². The van der Waals surface area contributed by atoms with Gasteiger partial charge in [0.15, 0.2) is 0 Å². The normalized spacial score (nSPS) is 20.5. The molecule has 4 heteroatoms. The van der Waals surface area contributed by atoms with Crippen LogP contribution in [0.1, 0.15) is 37.9 Å². The van der Waals surface area contributed by atoms with Gasteiger partial charge >= 0.3 is 0 Å². The van der Waals surface area contributed by atoms with Crippen LogP contribution >= 0.6 is 12.2 Å². The molecule has 1 aliphatic rings. The van der Waals surface area contributed by atoms with Crippen LogP contribution in [0.2, 0.25) is 0 Å². The molecule has 0 spiro atoms. The molecule has 0 amide bonds. The Morgan fingerprint density at radius 2 is 2.39 bits per heavy atom. The lowest BCUT2D eigenvalue weighted by Gasteiger charge is -2.27. The summed E-state index contributed by atoms with van der Waals surface area (Å²) in [5.74, 6) is 0.712. The number of rotatable bonds is 4. The monoisotopic (exact) mass is 263 g/mol. The third kappa shape index (κ3) is 3.06. The van der Waals surface area contributed by atoms with Crippen molar-refractivity contribution in [1.29, 1.82) is 0 Å². The van der Waals surface area contributed by atoms with E-state index in [9.17, 15) is 0 Å². The lowest BCUT2D eigenvalue weighted by molar-refractivity contribution is 0.199. The van der Waals surface area contributed by atoms with Gasteiger partial charge in [0.1, 0.15) is 4.99 Å². The molecule has 0 radical (unpaired) electrons.